The second kappa shape index (κ2) is 5.92. The molecule has 0 atom stereocenters. The smallest absolute Gasteiger partial charge is 0.200 e. The first kappa shape index (κ1) is 13.7. The maximum Gasteiger partial charge on any atom is 0.200 e. The summed E-state index contributed by atoms with van der Waals surface area (Å²) in [5, 5.41) is 18.7. The van der Waals surface area contributed by atoms with E-state index in [9.17, 15) is 0 Å². The molecule has 0 fully saturated rings. The number of anilines is 1. The number of rotatable bonds is 6. The molecule has 0 aliphatic rings. The van der Waals surface area contributed by atoms with Crippen LogP contribution in [-0.2, 0) is 0 Å². The predicted molar refractivity (Wildman–Crippen MR) is 74.0 cm³/mol. The van der Waals surface area contributed by atoms with Gasteiger partial charge in [-0.3, -0.25) is 4.90 Å². The summed E-state index contributed by atoms with van der Waals surface area (Å²) in [5.74, 6) is 0.785. The third-order valence-corrected chi connectivity index (χ3v) is 3.07. The molecule has 0 spiro atoms. The van der Waals surface area contributed by atoms with Crippen molar-refractivity contribution in [2.75, 3.05) is 18.4 Å². The highest BCUT2D eigenvalue weighted by Gasteiger charge is 2.12. The van der Waals surface area contributed by atoms with Gasteiger partial charge in [0.1, 0.15) is 5.82 Å². The lowest BCUT2D eigenvalue weighted by molar-refractivity contribution is 0.182. The molecule has 104 valence electrons. The number of hydrogen-bond donors (Lipinski definition) is 1. The minimum Gasteiger partial charge on any atom is -0.367 e. The van der Waals surface area contributed by atoms with Gasteiger partial charge in [0.25, 0.3) is 0 Å². The van der Waals surface area contributed by atoms with Crippen molar-refractivity contribution in [2.24, 2.45) is 0 Å². The van der Waals surface area contributed by atoms with Gasteiger partial charge in [0, 0.05) is 25.2 Å². The molecule has 19 heavy (non-hydrogen) atoms. The normalized spacial score (nSPS) is 11.9. The molecule has 0 bridgehead atoms. The summed E-state index contributed by atoms with van der Waals surface area (Å²) in [6.45, 7) is 10.7. The zero-order chi connectivity index (χ0) is 13.8. The van der Waals surface area contributed by atoms with Crippen LogP contribution in [0.4, 0.5) is 5.82 Å². The van der Waals surface area contributed by atoms with E-state index in [0.29, 0.717) is 17.7 Å². The predicted octanol–water partition coefficient (Wildman–Crippen LogP) is 1.05. The maximum absolute atomic E-state index is 4.27. The van der Waals surface area contributed by atoms with E-state index >= 15 is 0 Å². The van der Waals surface area contributed by atoms with E-state index in [2.05, 4.69) is 58.5 Å². The van der Waals surface area contributed by atoms with Gasteiger partial charge in [-0.15, -0.1) is 14.8 Å². The number of fused-ring (bicyclic) bond motifs is 1. The van der Waals surface area contributed by atoms with Crippen LogP contribution in [0.3, 0.4) is 0 Å². The summed E-state index contributed by atoms with van der Waals surface area (Å²) < 4.78 is 1.42. The Balaban J connectivity index is 1.91. The highest BCUT2D eigenvalue weighted by atomic mass is 15.6. The van der Waals surface area contributed by atoms with Crippen LogP contribution in [0.25, 0.3) is 5.65 Å². The second-order valence-corrected chi connectivity index (χ2v) is 5.10. The molecular formula is C12H21N7. The summed E-state index contributed by atoms with van der Waals surface area (Å²) in [6.07, 6.45) is 0. The van der Waals surface area contributed by atoms with Crippen molar-refractivity contribution >= 4 is 11.5 Å². The lowest BCUT2D eigenvalue weighted by atomic mass is 10.2. The van der Waals surface area contributed by atoms with Gasteiger partial charge in [-0.2, -0.15) is 0 Å². The van der Waals surface area contributed by atoms with Crippen molar-refractivity contribution in [1.82, 2.24) is 30.2 Å². The Bertz CT molecular complexity index is 512. The Kier molecular flexibility index (Phi) is 4.26. The van der Waals surface area contributed by atoms with Crippen LogP contribution in [0.15, 0.2) is 12.1 Å². The van der Waals surface area contributed by atoms with Crippen molar-refractivity contribution in [3.8, 4) is 0 Å². The highest BCUT2D eigenvalue weighted by Crippen LogP contribution is 2.06. The Morgan fingerprint density at radius 3 is 2.63 bits per heavy atom. The van der Waals surface area contributed by atoms with E-state index in [1.807, 2.05) is 12.1 Å². The van der Waals surface area contributed by atoms with Gasteiger partial charge in [-0.25, -0.2) is 0 Å². The van der Waals surface area contributed by atoms with Crippen molar-refractivity contribution in [3.63, 3.8) is 0 Å². The van der Waals surface area contributed by atoms with Crippen LogP contribution >= 0.6 is 0 Å². The van der Waals surface area contributed by atoms with Crippen molar-refractivity contribution in [1.29, 1.82) is 0 Å². The first-order chi connectivity index (χ1) is 9.08. The van der Waals surface area contributed by atoms with Gasteiger partial charge >= 0.3 is 0 Å². The van der Waals surface area contributed by atoms with E-state index in [4.69, 9.17) is 0 Å². The summed E-state index contributed by atoms with van der Waals surface area (Å²) in [4.78, 5) is 2.43. The molecule has 0 radical (unpaired) electrons. The van der Waals surface area contributed by atoms with Crippen LogP contribution in [0, 0.1) is 0 Å². The van der Waals surface area contributed by atoms with E-state index in [1.165, 1.54) is 4.63 Å². The molecule has 7 heteroatoms. The lowest BCUT2D eigenvalue weighted by Gasteiger charge is -2.30. The molecule has 2 rings (SSSR count). The van der Waals surface area contributed by atoms with Crippen molar-refractivity contribution < 1.29 is 0 Å². The van der Waals surface area contributed by atoms with Gasteiger partial charge in [0.2, 0.25) is 0 Å². The van der Waals surface area contributed by atoms with E-state index in [0.717, 1.165) is 18.9 Å². The average molecular weight is 263 g/mol. The molecule has 0 aliphatic heterocycles. The third-order valence-electron chi connectivity index (χ3n) is 3.07. The Labute approximate surface area is 113 Å². The molecule has 0 saturated heterocycles. The SMILES string of the molecule is CC(C)N(CCNc1ccc2nnnn2n1)C(C)C. The van der Waals surface area contributed by atoms with Gasteiger partial charge in [0.15, 0.2) is 5.65 Å². The molecule has 0 aromatic carbocycles. The highest BCUT2D eigenvalue weighted by molar-refractivity contribution is 5.41. The number of hydrogen-bond acceptors (Lipinski definition) is 6. The molecular weight excluding hydrogens is 242 g/mol. The fourth-order valence-corrected chi connectivity index (χ4v) is 2.17. The largest absolute Gasteiger partial charge is 0.367 e. The number of nitrogens with zero attached hydrogens (tertiary/aromatic N) is 6. The Morgan fingerprint density at radius 1 is 1.21 bits per heavy atom. The number of tetrazole rings is 1. The molecule has 0 aliphatic carbocycles. The summed E-state index contributed by atoms with van der Waals surface area (Å²) in [5.41, 5.74) is 0.650. The summed E-state index contributed by atoms with van der Waals surface area (Å²) in [7, 11) is 0. The fourth-order valence-electron chi connectivity index (χ4n) is 2.17. The van der Waals surface area contributed by atoms with Crippen LogP contribution in [0.5, 0.6) is 0 Å². The zero-order valence-electron chi connectivity index (χ0n) is 11.9. The average Bonchev–Trinajstić information content (AvgIpc) is 2.80. The van der Waals surface area contributed by atoms with Crippen LogP contribution < -0.4 is 5.32 Å². The van der Waals surface area contributed by atoms with E-state index < -0.39 is 0 Å². The van der Waals surface area contributed by atoms with Gasteiger partial charge < -0.3 is 5.32 Å². The summed E-state index contributed by atoms with van der Waals surface area (Å²) >= 11 is 0. The molecule has 0 amide bonds. The summed E-state index contributed by atoms with van der Waals surface area (Å²) in [6, 6.07) is 4.81. The minimum absolute atomic E-state index is 0.539. The van der Waals surface area contributed by atoms with Crippen LogP contribution in [-0.4, -0.2) is 55.3 Å². The second-order valence-electron chi connectivity index (χ2n) is 5.10. The minimum atomic E-state index is 0.539. The van der Waals surface area contributed by atoms with Gasteiger partial charge in [0.05, 0.1) is 0 Å². The van der Waals surface area contributed by atoms with E-state index in [-0.39, 0.29) is 0 Å². The maximum atomic E-state index is 4.27. The molecule has 1 N–H and O–H groups in total. The Hall–Kier alpha value is -1.76. The van der Waals surface area contributed by atoms with Gasteiger partial charge in [-0.1, -0.05) is 0 Å². The van der Waals surface area contributed by atoms with Crippen LogP contribution in [0.2, 0.25) is 0 Å². The molecule has 0 unspecified atom stereocenters. The standard InChI is InChI=1S/C12H21N7/c1-9(2)18(10(3)4)8-7-13-11-5-6-12-14-16-17-19(12)15-11/h5-6,9-10H,7-8H2,1-4H3,(H,13,15). The molecule has 2 aromatic rings. The fraction of sp³-hybridized carbons (Fsp3) is 0.667. The number of aromatic nitrogens is 5. The first-order valence-corrected chi connectivity index (χ1v) is 6.63. The van der Waals surface area contributed by atoms with Crippen LogP contribution in [0.1, 0.15) is 27.7 Å². The third kappa shape index (κ3) is 3.37. The molecule has 2 heterocycles. The quantitative estimate of drug-likeness (QED) is 0.840. The lowest BCUT2D eigenvalue weighted by Crippen LogP contribution is -2.40. The van der Waals surface area contributed by atoms with Crippen molar-refractivity contribution in [2.45, 2.75) is 39.8 Å². The first-order valence-electron chi connectivity index (χ1n) is 6.63. The molecule has 2 aromatic heterocycles. The number of nitrogens with one attached hydrogen (secondary N) is 1. The monoisotopic (exact) mass is 263 g/mol. The molecule has 7 nitrogen and oxygen atoms in total. The molecule has 0 saturated carbocycles. The van der Waals surface area contributed by atoms with Crippen molar-refractivity contribution in [3.05, 3.63) is 12.1 Å². The van der Waals surface area contributed by atoms with E-state index in [1.54, 1.807) is 0 Å². The zero-order valence-corrected chi connectivity index (χ0v) is 11.9. The topological polar surface area (TPSA) is 71.2 Å². The Morgan fingerprint density at radius 2 is 1.95 bits per heavy atom. The van der Waals surface area contributed by atoms with Gasteiger partial charge in [-0.05, 0) is 50.3 Å².